The summed E-state index contributed by atoms with van der Waals surface area (Å²) in [5.74, 6) is 0.422. The summed E-state index contributed by atoms with van der Waals surface area (Å²) in [5.41, 5.74) is 1.67. The van der Waals surface area contributed by atoms with Gasteiger partial charge in [0.2, 0.25) is 0 Å². The van der Waals surface area contributed by atoms with E-state index in [-0.39, 0.29) is 11.3 Å². The third-order valence-electron chi connectivity index (χ3n) is 5.37. The van der Waals surface area contributed by atoms with Gasteiger partial charge in [0.25, 0.3) is 11.2 Å². The van der Waals surface area contributed by atoms with Gasteiger partial charge < -0.3 is 9.30 Å². The minimum Gasteiger partial charge on any atom is -0.497 e. The standard InChI is InChI=1S/C23H22N4O5/c1-15-10-21(16(2)26(15)9-8-17-4-6-20(32-3)7-5-17)22(28)14-25-13-19(27(30)31)11-18(12-24)23(25)29/h4-7,10-11,13H,8-9,14H2,1-3H3. The van der Waals surface area contributed by atoms with Crippen LogP contribution in [0.5, 0.6) is 5.75 Å². The Hall–Kier alpha value is -4.19. The van der Waals surface area contributed by atoms with Crippen LogP contribution in [0.15, 0.2) is 47.4 Å². The van der Waals surface area contributed by atoms with Crippen LogP contribution in [-0.4, -0.2) is 27.0 Å². The molecule has 0 aliphatic heterocycles. The molecule has 32 heavy (non-hydrogen) atoms. The van der Waals surface area contributed by atoms with E-state index in [0.717, 1.165) is 46.0 Å². The van der Waals surface area contributed by atoms with E-state index in [1.165, 1.54) is 0 Å². The molecular formula is C23H22N4O5. The summed E-state index contributed by atoms with van der Waals surface area (Å²) in [5, 5.41) is 20.2. The lowest BCUT2D eigenvalue weighted by atomic mass is 10.1. The number of hydrogen-bond donors (Lipinski definition) is 0. The Morgan fingerprint density at radius 2 is 1.91 bits per heavy atom. The summed E-state index contributed by atoms with van der Waals surface area (Å²) in [6.45, 7) is 3.99. The SMILES string of the molecule is COc1ccc(CCn2c(C)cc(C(=O)Cn3cc([N+](=O)[O-])cc(C#N)c3=O)c2C)cc1. The van der Waals surface area contributed by atoms with Crippen molar-refractivity contribution in [3.63, 3.8) is 0 Å². The summed E-state index contributed by atoms with van der Waals surface area (Å²) < 4.78 is 8.11. The molecule has 0 N–H and O–H groups in total. The van der Waals surface area contributed by atoms with E-state index in [9.17, 15) is 19.7 Å². The summed E-state index contributed by atoms with van der Waals surface area (Å²) in [7, 11) is 1.61. The van der Waals surface area contributed by atoms with Crippen LogP contribution in [0.2, 0.25) is 0 Å². The number of pyridine rings is 1. The average molecular weight is 434 g/mol. The number of ether oxygens (including phenoxy) is 1. The fraction of sp³-hybridized carbons (Fsp3) is 0.261. The van der Waals surface area contributed by atoms with Crippen molar-refractivity contribution in [2.45, 2.75) is 33.4 Å². The van der Waals surface area contributed by atoms with Crippen LogP contribution in [0, 0.1) is 35.3 Å². The van der Waals surface area contributed by atoms with Crippen molar-refractivity contribution in [1.82, 2.24) is 9.13 Å². The summed E-state index contributed by atoms with van der Waals surface area (Å²) in [4.78, 5) is 35.7. The van der Waals surface area contributed by atoms with Gasteiger partial charge in [-0.3, -0.25) is 24.3 Å². The molecule has 0 saturated carbocycles. The molecule has 2 heterocycles. The fourth-order valence-corrected chi connectivity index (χ4v) is 3.62. The zero-order valence-electron chi connectivity index (χ0n) is 18.0. The second-order valence-corrected chi connectivity index (χ2v) is 7.37. The van der Waals surface area contributed by atoms with Gasteiger partial charge in [0, 0.05) is 29.6 Å². The van der Waals surface area contributed by atoms with Crippen molar-refractivity contribution in [3.8, 4) is 11.8 Å². The maximum atomic E-state index is 12.9. The summed E-state index contributed by atoms with van der Waals surface area (Å²) in [6.07, 6.45) is 1.74. The van der Waals surface area contributed by atoms with Crippen molar-refractivity contribution in [2.24, 2.45) is 0 Å². The Morgan fingerprint density at radius 3 is 2.50 bits per heavy atom. The molecule has 0 fully saturated rings. The van der Waals surface area contributed by atoms with Crippen molar-refractivity contribution in [2.75, 3.05) is 7.11 Å². The molecule has 0 unspecified atom stereocenters. The van der Waals surface area contributed by atoms with Crippen molar-refractivity contribution in [1.29, 1.82) is 5.26 Å². The summed E-state index contributed by atoms with van der Waals surface area (Å²) in [6, 6.07) is 12.1. The zero-order valence-corrected chi connectivity index (χ0v) is 18.0. The van der Waals surface area contributed by atoms with Gasteiger partial charge in [0.05, 0.1) is 24.8 Å². The molecule has 0 amide bonds. The van der Waals surface area contributed by atoms with Gasteiger partial charge in [0.1, 0.15) is 17.4 Å². The lowest BCUT2D eigenvalue weighted by Gasteiger charge is -2.11. The predicted molar refractivity (Wildman–Crippen MR) is 117 cm³/mol. The Balaban J connectivity index is 1.83. The first-order valence-electron chi connectivity index (χ1n) is 9.87. The van der Waals surface area contributed by atoms with Gasteiger partial charge in [-0.15, -0.1) is 0 Å². The van der Waals surface area contributed by atoms with Crippen molar-refractivity contribution < 1.29 is 14.5 Å². The third kappa shape index (κ3) is 4.59. The van der Waals surface area contributed by atoms with Crippen LogP contribution in [0.1, 0.15) is 32.9 Å². The van der Waals surface area contributed by atoms with Crippen molar-refractivity contribution in [3.05, 3.63) is 91.1 Å². The highest BCUT2D eigenvalue weighted by molar-refractivity contribution is 5.97. The van der Waals surface area contributed by atoms with E-state index in [0.29, 0.717) is 12.1 Å². The Labute approximate surface area is 184 Å². The summed E-state index contributed by atoms with van der Waals surface area (Å²) >= 11 is 0. The number of Topliss-reactive ketones (excluding diaryl/α,β-unsaturated/α-hetero) is 1. The molecule has 9 nitrogen and oxygen atoms in total. The van der Waals surface area contributed by atoms with E-state index in [2.05, 4.69) is 0 Å². The normalized spacial score (nSPS) is 10.6. The van der Waals surface area contributed by atoms with Gasteiger partial charge in [-0.05, 0) is 44.0 Å². The van der Waals surface area contributed by atoms with Gasteiger partial charge in [-0.2, -0.15) is 5.26 Å². The first-order valence-corrected chi connectivity index (χ1v) is 9.87. The molecule has 164 valence electrons. The van der Waals surface area contributed by atoms with Crippen LogP contribution in [0.25, 0.3) is 0 Å². The van der Waals surface area contributed by atoms with Gasteiger partial charge in [-0.1, -0.05) is 12.1 Å². The Kier molecular flexibility index (Phi) is 6.54. The number of nitriles is 1. The van der Waals surface area contributed by atoms with Crippen LogP contribution in [0.4, 0.5) is 5.69 Å². The number of ketones is 1. The van der Waals surface area contributed by atoms with Crippen LogP contribution < -0.4 is 10.3 Å². The molecular weight excluding hydrogens is 412 g/mol. The molecule has 3 rings (SSSR count). The number of hydrogen-bond acceptors (Lipinski definition) is 6. The molecule has 0 aliphatic rings. The van der Waals surface area contributed by atoms with Gasteiger partial charge in [-0.25, -0.2) is 0 Å². The highest BCUT2D eigenvalue weighted by Gasteiger charge is 2.19. The second-order valence-electron chi connectivity index (χ2n) is 7.37. The van der Waals surface area contributed by atoms with Gasteiger partial charge in [0.15, 0.2) is 5.78 Å². The van der Waals surface area contributed by atoms with E-state index in [1.54, 1.807) is 19.2 Å². The maximum Gasteiger partial charge on any atom is 0.287 e. The Bertz CT molecular complexity index is 1280. The molecule has 1 aromatic carbocycles. The number of benzene rings is 1. The smallest absolute Gasteiger partial charge is 0.287 e. The highest BCUT2D eigenvalue weighted by atomic mass is 16.6. The maximum absolute atomic E-state index is 12.9. The quantitative estimate of drug-likeness (QED) is 0.305. The first-order chi connectivity index (χ1) is 15.2. The predicted octanol–water partition coefficient (Wildman–Crippen LogP) is 3.18. The number of carbonyl (C=O) groups excluding carboxylic acids is 1. The lowest BCUT2D eigenvalue weighted by molar-refractivity contribution is -0.385. The first kappa shape index (κ1) is 22.5. The molecule has 0 spiro atoms. The van der Waals surface area contributed by atoms with Crippen molar-refractivity contribution >= 4 is 11.5 Å². The number of nitrogens with zero attached hydrogens (tertiary/aromatic N) is 4. The monoisotopic (exact) mass is 434 g/mol. The van der Waals surface area contributed by atoms with E-state index in [1.807, 2.05) is 42.7 Å². The molecule has 0 aliphatic carbocycles. The molecule has 9 heteroatoms. The van der Waals surface area contributed by atoms with Crippen LogP contribution >= 0.6 is 0 Å². The second kappa shape index (κ2) is 9.31. The molecule has 0 saturated heterocycles. The molecule has 0 atom stereocenters. The van der Waals surface area contributed by atoms with E-state index >= 15 is 0 Å². The van der Waals surface area contributed by atoms with Crippen LogP contribution in [0.3, 0.4) is 0 Å². The number of aromatic nitrogens is 2. The minimum absolute atomic E-state index is 0.361. The minimum atomic E-state index is -0.736. The largest absolute Gasteiger partial charge is 0.497 e. The molecule has 0 radical (unpaired) electrons. The number of rotatable bonds is 8. The molecule has 0 bridgehead atoms. The molecule has 3 aromatic rings. The lowest BCUT2D eigenvalue weighted by Crippen LogP contribution is -2.26. The zero-order chi connectivity index (χ0) is 23.4. The average Bonchev–Trinajstić information content (AvgIpc) is 3.07. The molecule has 2 aromatic heterocycles. The number of carbonyl (C=O) groups is 1. The van der Waals surface area contributed by atoms with E-state index < -0.39 is 22.7 Å². The fourth-order valence-electron chi connectivity index (χ4n) is 3.62. The van der Waals surface area contributed by atoms with Crippen LogP contribution in [-0.2, 0) is 19.5 Å². The number of nitro groups is 1. The van der Waals surface area contributed by atoms with E-state index in [4.69, 9.17) is 10.00 Å². The topological polar surface area (TPSA) is 120 Å². The Morgan fingerprint density at radius 1 is 1.22 bits per heavy atom. The van der Waals surface area contributed by atoms with Gasteiger partial charge >= 0.3 is 0 Å². The third-order valence-corrected chi connectivity index (χ3v) is 5.37. The number of aryl methyl sites for hydroxylation is 2. The highest BCUT2D eigenvalue weighted by Crippen LogP contribution is 2.19. The number of methoxy groups -OCH3 is 1.